The molecule has 0 aromatic heterocycles. The number of rotatable bonds is 7. The summed E-state index contributed by atoms with van der Waals surface area (Å²) < 4.78 is 21.4. The second kappa shape index (κ2) is 8.12. The van der Waals surface area contributed by atoms with Crippen LogP contribution in [0.4, 0.5) is 4.39 Å². The molecule has 0 aliphatic heterocycles. The topological polar surface area (TPSA) is 52.6 Å². The van der Waals surface area contributed by atoms with Gasteiger partial charge in [0.15, 0.2) is 0 Å². The Labute approximate surface area is 131 Å². The summed E-state index contributed by atoms with van der Waals surface area (Å²) in [6.07, 6.45) is 0.453. The Bertz CT molecular complexity index is 486. The number of esters is 2. The Morgan fingerprint density at radius 2 is 1.76 bits per heavy atom. The van der Waals surface area contributed by atoms with Gasteiger partial charge in [-0.1, -0.05) is 28.1 Å². The quantitative estimate of drug-likeness (QED) is 0.426. The van der Waals surface area contributed by atoms with Crippen LogP contribution in [0.5, 0.6) is 0 Å². The average molecular weight is 361 g/mol. The molecule has 6 heteroatoms. The average Bonchev–Trinajstić information content (AvgIpc) is 2.45. The molecular formula is C15H18BrFO4. The lowest BCUT2D eigenvalue weighted by atomic mass is 9.99. The van der Waals surface area contributed by atoms with E-state index in [2.05, 4.69) is 15.9 Å². The first-order valence-electron chi connectivity index (χ1n) is 6.71. The van der Waals surface area contributed by atoms with Crippen LogP contribution in [0.25, 0.3) is 0 Å². The molecule has 21 heavy (non-hydrogen) atoms. The lowest BCUT2D eigenvalue weighted by molar-refractivity contribution is -0.158. The highest BCUT2D eigenvalue weighted by Crippen LogP contribution is 2.28. The molecule has 0 heterocycles. The van der Waals surface area contributed by atoms with Gasteiger partial charge in [0, 0.05) is 0 Å². The lowest BCUT2D eigenvalue weighted by Gasteiger charge is -2.23. The summed E-state index contributed by atoms with van der Waals surface area (Å²) in [4.78, 5) is 24.1. The number of aryl methyl sites for hydroxylation is 1. The van der Waals surface area contributed by atoms with Crippen LogP contribution in [0, 0.1) is 5.82 Å². The molecule has 0 saturated carbocycles. The number of ether oxygens (including phenoxy) is 2. The number of hydrogen-bond acceptors (Lipinski definition) is 4. The summed E-state index contributed by atoms with van der Waals surface area (Å²) >= 11 is 3.15. The van der Waals surface area contributed by atoms with Crippen molar-refractivity contribution in [2.75, 3.05) is 13.2 Å². The van der Waals surface area contributed by atoms with E-state index in [9.17, 15) is 14.0 Å². The molecule has 1 aromatic carbocycles. The lowest BCUT2D eigenvalue weighted by Crippen LogP contribution is -2.43. The first-order chi connectivity index (χ1) is 9.93. The maximum Gasteiger partial charge on any atom is 0.334 e. The van der Waals surface area contributed by atoms with Gasteiger partial charge in [-0.15, -0.1) is 0 Å². The third kappa shape index (κ3) is 4.81. The van der Waals surface area contributed by atoms with Gasteiger partial charge >= 0.3 is 11.9 Å². The van der Waals surface area contributed by atoms with Crippen LogP contribution >= 0.6 is 15.9 Å². The van der Waals surface area contributed by atoms with Gasteiger partial charge in [-0.2, -0.15) is 0 Å². The van der Waals surface area contributed by atoms with Crippen molar-refractivity contribution in [2.45, 2.75) is 31.0 Å². The number of carbonyl (C=O) groups excluding carboxylic acids is 2. The number of halogens is 2. The Hall–Kier alpha value is -1.43. The standard InChI is InChI=1S/C15H18BrFO4/c1-3-20-13(18)15(16,14(19)21-4-2)9-8-11-6-5-7-12(17)10-11/h5-7,10H,3-4,8-9H2,1-2H3. The van der Waals surface area contributed by atoms with E-state index in [1.807, 2.05) is 0 Å². The van der Waals surface area contributed by atoms with Crippen molar-refractivity contribution in [3.63, 3.8) is 0 Å². The van der Waals surface area contributed by atoms with E-state index in [0.29, 0.717) is 12.0 Å². The molecule has 0 spiro atoms. The Morgan fingerprint density at radius 1 is 1.19 bits per heavy atom. The predicted molar refractivity (Wildman–Crippen MR) is 79.6 cm³/mol. The second-order valence-electron chi connectivity index (χ2n) is 4.37. The van der Waals surface area contributed by atoms with Crippen molar-refractivity contribution in [1.29, 1.82) is 0 Å². The van der Waals surface area contributed by atoms with Crippen molar-refractivity contribution in [3.05, 3.63) is 35.6 Å². The van der Waals surface area contributed by atoms with Crippen molar-refractivity contribution in [3.8, 4) is 0 Å². The number of alkyl halides is 1. The van der Waals surface area contributed by atoms with Gasteiger partial charge in [0.25, 0.3) is 0 Å². The minimum Gasteiger partial charge on any atom is -0.465 e. The fraction of sp³-hybridized carbons (Fsp3) is 0.467. The Balaban J connectivity index is 2.86. The third-order valence-corrected chi connectivity index (χ3v) is 3.89. The molecule has 116 valence electrons. The van der Waals surface area contributed by atoms with E-state index in [-0.39, 0.29) is 25.5 Å². The molecule has 0 aliphatic carbocycles. The molecule has 0 radical (unpaired) electrons. The third-order valence-electron chi connectivity index (χ3n) is 2.85. The smallest absolute Gasteiger partial charge is 0.334 e. The highest BCUT2D eigenvalue weighted by molar-refractivity contribution is 9.10. The van der Waals surface area contributed by atoms with Gasteiger partial charge in [-0.05, 0) is 44.4 Å². The number of benzene rings is 1. The summed E-state index contributed by atoms with van der Waals surface area (Å²) in [5.74, 6) is -1.75. The molecule has 4 nitrogen and oxygen atoms in total. The normalized spacial score (nSPS) is 11.0. The second-order valence-corrected chi connectivity index (χ2v) is 5.73. The highest BCUT2D eigenvalue weighted by Gasteiger charge is 2.46. The van der Waals surface area contributed by atoms with Crippen LogP contribution in [0.15, 0.2) is 24.3 Å². The summed E-state index contributed by atoms with van der Waals surface area (Å²) in [7, 11) is 0. The van der Waals surface area contributed by atoms with Gasteiger partial charge < -0.3 is 9.47 Å². The van der Waals surface area contributed by atoms with E-state index in [1.165, 1.54) is 12.1 Å². The predicted octanol–water partition coefficient (Wildman–Crippen LogP) is 3.02. The summed E-state index contributed by atoms with van der Waals surface area (Å²) in [5.41, 5.74) is 0.687. The molecule has 0 bridgehead atoms. The molecule has 0 N–H and O–H groups in total. The highest BCUT2D eigenvalue weighted by atomic mass is 79.9. The zero-order chi connectivity index (χ0) is 15.9. The summed E-state index contributed by atoms with van der Waals surface area (Å²) in [6.45, 7) is 3.63. The summed E-state index contributed by atoms with van der Waals surface area (Å²) in [5, 5.41) is 0. The maximum absolute atomic E-state index is 13.2. The number of hydrogen-bond donors (Lipinski definition) is 0. The van der Waals surface area contributed by atoms with Crippen molar-refractivity contribution in [2.24, 2.45) is 0 Å². The molecule has 0 amide bonds. The molecular weight excluding hydrogens is 343 g/mol. The van der Waals surface area contributed by atoms with Crippen LogP contribution in [0.1, 0.15) is 25.8 Å². The zero-order valence-electron chi connectivity index (χ0n) is 12.0. The molecule has 0 fully saturated rings. The van der Waals surface area contributed by atoms with Crippen LogP contribution in [0.3, 0.4) is 0 Å². The Kier molecular flexibility index (Phi) is 6.81. The van der Waals surface area contributed by atoms with E-state index in [1.54, 1.807) is 26.0 Å². The fourth-order valence-electron chi connectivity index (χ4n) is 1.79. The minimum atomic E-state index is -1.56. The van der Waals surface area contributed by atoms with E-state index >= 15 is 0 Å². The van der Waals surface area contributed by atoms with Gasteiger partial charge in [-0.3, -0.25) is 0 Å². The van der Waals surface area contributed by atoms with Crippen LogP contribution in [0.2, 0.25) is 0 Å². The van der Waals surface area contributed by atoms with Crippen molar-refractivity contribution in [1.82, 2.24) is 0 Å². The first-order valence-corrected chi connectivity index (χ1v) is 7.51. The summed E-state index contributed by atoms with van der Waals surface area (Å²) in [6, 6.07) is 6.01. The fourth-order valence-corrected chi connectivity index (χ4v) is 2.21. The van der Waals surface area contributed by atoms with Gasteiger partial charge in [-0.25, -0.2) is 14.0 Å². The largest absolute Gasteiger partial charge is 0.465 e. The first kappa shape index (κ1) is 17.6. The van der Waals surface area contributed by atoms with E-state index in [0.717, 1.165) is 0 Å². The van der Waals surface area contributed by atoms with Crippen LogP contribution < -0.4 is 0 Å². The van der Waals surface area contributed by atoms with Crippen molar-refractivity contribution < 1.29 is 23.5 Å². The monoisotopic (exact) mass is 360 g/mol. The minimum absolute atomic E-state index is 0.119. The zero-order valence-corrected chi connectivity index (χ0v) is 13.6. The Morgan fingerprint density at radius 3 is 2.24 bits per heavy atom. The maximum atomic E-state index is 13.2. The van der Waals surface area contributed by atoms with E-state index < -0.39 is 16.3 Å². The SMILES string of the molecule is CCOC(=O)C(Br)(CCc1cccc(F)c1)C(=O)OCC. The molecule has 0 unspecified atom stereocenters. The van der Waals surface area contributed by atoms with Crippen LogP contribution in [-0.2, 0) is 25.5 Å². The molecule has 1 aromatic rings. The van der Waals surface area contributed by atoms with Gasteiger partial charge in [0.1, 0.15) is 5.82 Å². The van der Waals surface area contributed by atoms with E-state index in [4.69, 9.17) is 9.47 Å². The molecule has 0 atom stereocenters. The molecule has 0 aliphatic rings. The number of carbonyl (C=O) groups is 2. The molecule has 1 rings (SSSR count). The molecule has 0 saturated heterocycles. The van der Waals surface area contributed by atoms with Crippen molar-refractivity contribution >= 4 is 27.9 Å². The van der Waals surface area contributed by atoms with Crippen LogP contribution in [-0.4, -0.2) is 29.5 Å². The van der Waals surface area contributed by atoms with Gasteiger partial charge in [0.05, 0.1) is 13.2 Å². The van der Waals surface area contributed by atoms with Gasteiger partial charge in [0.2, 0.25) is 4.32 Å².